The van der Waals surface area contributed by atoms with Gasteiger partial charge < -0.3 is 10.6 Å². The molecule has 27 heavy (non-hydrogen) atoms. The third-order valence-corrected chi connectivity index (χ3v) is 4.06. The first kappa shape index (κ1) is 18.4. The van der Waals surface area contributed by atoms with Crippen molar-refractivity contribution in [1.29, 1.82) is 5.26 Å². The Labute approximate surface area is 161 Å². The number of rotatable bonds is 6. The largest absolute Gasteiger partial charge is 0.370 e. The monoisotopic (exact) mass is 377 g/mol. The summed E-state index contributed by atoms with van der Waals surface area (Å²) in [7, 11) is 0. The number of nitriles is 1. The fourth-order valence-corrected chi connectivity index (χ4v) is 2.51. The maximum Gasteiger partial charge on any atom is 0.274 e. The van der Waals surface area contributed by atoms with Crippen LogP contribution in [0.1, 0.15) is 21.6 Å². The van der Waals surface area contributed by atoms with Crippen LogP contribution in [-0.2, 0) is 6.42 Å². The lowest BCUT2D eigenvalue weighted by atomic mass is 10.1. The molecule has 3 aromatic rings. The van der Waals surface area contributed by atoms with Gasteiger partial charge in [0, 0.05) is 23.3 Å². The molecule has 0 radical (unpaired) electrons. The highest BCUT2D eigenvalue weighted by atomic mass is 35.5. The van der Waals surface area contributed by atoms with Crippen molar-refractivity contribution in [1.82, 2.24) is 9.97 Å². The molecule has 6 nitrogen and oxygen atoms in total. The van der Waals surface area contributed by atoms with Gasteiger partial charge in [0.2, 0.25) is 0 Å². The molecule has 2 aromatic carbocycles. The zero-order valence-electron chi connectivity index (χ0n) is 14.3. The molecule has 2 N–H and O–H groups in total. The molecule has 134 valence electrons. The van der Waals surface area contributed by atoms with E-state index in [9.17, 15) is 4.79 Å². The van der Waals surface area contributed by atoms with Gasteiger partial charge in [-0.15, -0.1) is 0 Å². The average Bonchev–Trinajstić information content (AvgIpc) is 2.70. The van der Waals surface area contributed by atoms with Gasteiger partial charge in [0.1, 0.15) is 17.8 Å². The van der Waals surface area contributed by atoms with Gasteiger partial charge in [0.05, 0.1) is 11.6 Å². The SMILES string of the molecule is N#Cc1ccc(NC(=O)c2cc(NCCc3ccc(Cl)cc3)ncn2)cc1. The first-order valence-corrected chi connectivity index (χ1v) is 8.64. The molecule has 1 heterocycles. The highest BCUT2D eigenvalue weighted by molar-refractivity contribution is 6.30. The predicted octanol–water partition coefficient (Wildman–Crippen LogP) is 3.91. The number of hydrogen-bond acceptors (Lipinski definition) is 5. The quantitative estimate of drug-likeness (QED) is 0.679. The van der Waals surface area contributed by atoms with Crippen LogP contribution in [-0.4, -0.2) is 22.4 Å². The Morgan fingerprint density at radius 2 is 1.81 bits per heavy atom. The number of nitrogens with one attached hydrogen (secondary N) is 2. The van der Waals surface area contributed by atoms with Crippen molar-refractivity contribution in [3.05, 3.63) is 82.8 Å². The number of aromatic nitrogens is 2. The lowest BCUT2D eigenvalue weighted by molar-refractivity contribution is 0.102. The molecule has 0 aliphatic rings. The van der Waals surface area contributed by atoms with Gasteiger partial charge in [0.25, 0.3) is 5.91 Å². The summed E-state index contributed by atoms with van der Waals surface area (Å²) >= 11 is 5.88. The number of carbonyl (C=O) groups is 1. The van der Waals surface area contributed by atoms with Gasteiger partial charge in [-0.1, -0.05) is 23.7 Å². The molecule has 0 spiro atoms. The van der Waals surface area contributed by atoms with Gasteiger partial charge in [-0.25, -0.2) is 9.97 Å². The van der Waals surface area contributed by atoms with E-state index < -0.39 is 0 Å². The summed E-state index contributed by atoms with van der Waals surface area (Å²) in [5.74, 6) is 0.229. The fourth-order valence-electron chi connectivity index (χ4n) is 2.39. The Hall–Kier alpha value is -3.43. The highest BCUT2D eigenvalue weighted by Gasteiger charge is 2.09. The molecule has 1 aromatic heterocycles. The lowest BCUT2D eigenvalue weighted by Gasteiger charge is -2.08. The van der Waals surface area contributed by atoms with Crippen molar-refractivity contribution in [3.63, 3.8) is 0 Å². The summed E-state index contributed by atoms with van der Waals surface area (Å²) in [6.07, 6.45) is 2.15. The van der Waals surface area contributed by atoms with E-state index >= 15 is 0 Å². The van der Waals surface area contributed by atoms with E-state index in [0.717, 1.165) is 12.0 Å². The number of amides is 1. The van der Waals surface area contributed by atoms with E-state index in [4.69, 9.17) is 16.9 Å². The van der Waals surface area contributed by atoms with Crippen molar-refractivity contribution >= 4 is 29.0 Å². The smallest absolute Gasteiger partial charge is 0.274 e. The van der Waals surface area contributed by atoms with Crippen LogP contribution in [0.15, 0.2) is 60.9 Å². The van der Waals surface area contributed by atoms with Crippen LogP contribution < -0.4 is 10.6 Å². The molecule has 0 fully saturated rings. The number of anilines is 2. The standard InChI is InChI=1S/C20H16ClN5O/c21-16-5-1-14(2-6-16)9-10-23-19-11-18(24-13-25-19)20(27)26-17-7-3-15(12-22)4-8-17/h1-8,11,13H,9-10H2,(H,26,27)(H,23,24,25). The van der Waals surface area contributed by atoms with Crippen LogP contribution in [0.4, 0.5) is 11.5 Å². The summed E-state index contributed by atoms with van der Waals surface area (Å²) in [6, 6.07) is 17.9. The second-order valence-electron chi connectivity index (χ2n) is 5.74. The minimum Gasteiger partial charge on any atom is -0.370 e. The number of carbonyl (C=O) groups excluding carboxylic acids is 1. The molecule has 0 aliphatic carbocycles. The normalized spacial score (nSPS) is 10.1. The van der Waals surface area contributed by atoms with Crippen LogP contribution in [0, 0.1) is 11.3 Å². The zero-order chi connectivity index (χ0) is 19.1. The summed E-state index contributed by atoms with van der Waals surface area (Å²) in [4.78, 5) is 20.5. The highest BCUT2D eigenvalue weighted by Crippen LogP contribution is 2.12. The maximum atomic E-state index is 12.3. The van der Waals surface area contributed by atoms with Crippen LogP contribution in [0.5, 0.6) is 0 Å². The second kappa shape index (κ2) is 8.79. The van der Waals surface area contributed by atoms with Gasteiger partial charge in [-0.3, -0.25) is 4.79 Å². The van der Waals surface area contributed by atoms with Crippen molar-refractivity contribution in [2.24, 2.45) is 0 Å². The van der Waals surface area contributed by atoms with Crippen molar-refractivity contribution in [2.75, 3.05) is 17.2 Å². The summed E-state index contributed by atoms with van der Waals surface area (Å²) in [6.45, 7) is 0.662. The molecule has 3 rings (SSSR count). The molecule has 0 saturated heterocycles. The van der Waals surface area contributed by atoms with E-state index in [-0.39, 0.29) is 11.6 Å². The zero-order valence-corrected chi connectivity index (χ0v) is 15.1. The van der Waals surface area contributed by atoms with Crippen LogP contribution in [0.25, 0.3) is 0 Å². The number of nitrogens with zero attached hydrogens (tertiary/aromatic N) is 3. The molecule has 0 atom stereocenters. The van der Waals surface area contributed by atoms with Crippen LogP contribution in [0.2, 0.25) is 5.02 Å². The molecule has 0 unspecified atom stereocenters. The first-order valence-electron chi connectivity index (χ1n) is 8.26. The van der Waals surface area contributed by atoms with Crippen LogP contribution >= 0.6 is 11.6 Å². The van der Waals surface area contributed by atoms with Gasteiger partial charge in [-0.2, -0.15) is 5.26 Å². The lowest BCUT2D eigenvalue weighted by Crippen LogP contribution is -2.15. The number of hydrogen-bond donors (Lipinski definition) is 2. The first-order chi connectivity index (χ1) is 13.1. The Morgan fingerprint density at radius 3 is 2.52 bits per heavy atom. The minimum atomic E-state index is -0.345. The molecule has 7 heteroatoms. The molecule has 0 saturated carbocycles. The van der Waals surface area contributed by atoms with Crippen molar-refractivity contribution in [2.45, 2.75) is 6.42 Å². The van der Waals surface area contributed by atoms with E-state index in [1.807, 2.05) is 30.3 Å². The Kier molecular flexibility index (Phi) is 5.98. The van der Waals surface area contributed by atoms with E-state index in [1.54, 1.807) is 30.3 Å². The Balaban J connectivity index is 1.58. The topological polar surface area (TPSA) is 90.7 Å². The summed E-state index contributed by atoms with van der Waals surface area (Å²) in [5.41, 5.74) is 2.53. The third-order valence-electron chi connectivity index (χ3n) is 3.80. The number of benzene rings is 2. The average molecular weight is 378 g/mol. The van der Waals surface area contributed by atoms with E-state index in [1.165, 1.54) is 6.33 Å². The molecule has 0 aliphatic heterocycles. The molecule has 0 bridgehead atoms. The van der Waals surface area contributed by atoms with E-state index in [2.05, 4.69) is 20.6 Å². The number of halogens is 1. The predicted molar refractivity (Wildman–Crippen MR) is 105 cm³/mol. The fraction of sp³-hybridized carbons (Fsp3) is 0.100. The van der Waals surface area contributed by atoms with Gasteiger partial charge in [0.15, 0.2) is 0 Å². The second-order valence-corrected chi connectivity index (χ2v) is 6.17. The Bertz CT molecular complexity index is 965. The maximum absolute atomic E-state index is 12.3. The van der Waals surface area contributed by atoms with Crippen molar-refractivity contribution in [3.8, 4) is 6.07 Å². The molecular formula is C20H16ClN5O. The van der Waals surface area contributed by atoms with Gasteiger partial charge >= 0.3 is 0 Å². The molecular weight excluding hydrogens is 362 g/mol. The van der Waals surface area contributed by atoms with Gasteiger partial charge in [-0.05, 0) is 48.4 Å². The van der Waals surface area contributed by atoms with Crippen molar-refractivity contribution < 1.29 is 4.79 Å². The minimum absolute atomic E-state index is 0.253. The van der Waals surface area contributed by atoms with E-state index in [0.29, 0.717) is 28.6 Å². The third kappa shape index (κ3) is 5.27. The molecule has 1 amide bonds. The summed E-state index contributed by atoms with van der Waals surface area (Å²) in [5, 5.41) is 15.4. The summed E-state index contributed by atoms with van der Waals surface area (Å²) < 4.78 is 0. The van der Waals surface area contributed by atoms with Crippen LogP contribution in [0.3, 0.4) is 0 Å². The Morgan fingerprint density at radius 1 is 1.07 bits per heavy atom.